The highest BCUT2D eigenvalue weighted by Gasteiger charge is 2.26. The third kappa shape index (κ3) is 4.36. The Morgan fingerprint density at radius 1 is 1.40 bits per heavy atom. The van der Waals surface area contributed by atoms with Crippen LogP contribution in [0.15, 0.2) is 0 Å². The summed E-state index contributed by atoms with van der Waals surface area (Å²) in [6, 6.07) is 0.592. The Morgan fingerprint density at radius 3 is 2.90 bits per heavy atom. The van der Waals surface area contributed by atoms with Crippen LogP contribution in [-0.4, -0.2) is 64.8 Å². The first-order valence-corrected chi connectivity index (χ1v) is 8.40. The van der Waals surface area contributed by atoms with Crippen LogP contribution in [-0.2, 0) is 11.3 Å². The Labute approximate surface area is 130 Å². The van der Waals surface area contributed by atoms with Gasteiger partial charge in [-0.2, -0.15) is 0 Å². The average Bonchev–Trinajstić information content (AvgIpc) is 2.86. The van der Waals surface area contributed by atoms with E-state index in [-0.39, 0.29) is 0 Å². The lowest BCUT2D eigenvalue weighted by atomic mass is 10.1. The van der Waals surface area contributed by atoms with Gasteiger partial charge in [0, 0.05) is 56.9 Å². The fourth-order valence-corrected chi connectivity index (χ4v) is 3.22. The van der Waals surface area contributed by atoms with Crippen LogP contribution in [0.4, 0.5) is 0 Å². The lowest BCUT2D eigenvalue weighted by Crippen LogP contribution is -2.53. The first-order valence-electron chi connectivity index (χ1n) is 7.25. The predicted octanol–water partition coefficient (Wildman–Crippen LogP) is 2.12. The van der Waals surface area contributed by atoms with Crippen LogP contribution >= 0.6 is 23.1 Å². The highest BCUT2D eigenvalue weighted by atomic mass is 35.5. The van der Waals surface area contributed by atoms with Crippen LogP contribution in [0.2, 0.25) is 4.34 Å². The van der Waals surface area contributed by atoms with E-state index in [4.69, 9.17) is 16.3 Å². The quantitative estimate of drug-likeness (QED) is 0.720. The fourth-order valence-electron chi connectivity index (χ4n) is 2.61. The van der Waals surface area contributed by atoms with E-state index in [0.717, 1.165) is 62.4 Å². The highest BCUT2D eigenvalue weighted by molar-refractivity contribution is 7.10. The number of rotatable bonds is 7. The summed E-state index contributed by atoms with van der Waals surface area (Å²) in [6.45, 7) is 11.0. The molecule has 1 fully saturated rings. The Kier molecular flexibility index (Phi) is 6.64. The first kappa shape index (κ1) is 16.1. The Morgan fingerprint density at radius 2 is 2.25 bits per heavy atom. The number of hydrogen-bond acceptors (Lipinski definition) is 6. The minimum Gasteiger partial charge on any atom is -0.380 e. The van der Waals surface area contributed by atoms with Gasteiger partial charge in [0.15, 0.2) is 0 Å². The van der Waals surface area contributed by atoms with Gasteiger partial charge >= 0.3 is 0 Å². The summed E-state index contributed by atoms with van der Waals surface area (Å²) in [5.74, 6) is 0. The molecule has 20 heavy (non-hydrogen) atoms. The van der Waals surface area contributed by atoms with Crippen LogP contribution in [0.25, 0.3) is 0 Å². The summed E-state index contributed by atoms with van der Waals surface area (Å²) in [7, 11) is 0. The summed E-state index contributed by atoms with van der Waals surface area (Å²) >= 11 is 7.35. The summed E-state index contributed by atoms with van der Waals surface area (Å²) in [4.78, 5) is 4.96. The van der Waals surface area contributed by atoms with Crippen LogP contribution < -0.4 is 0 Å². The van der Waals surface area contributed by atoms with Gasteiger partial charge in [-0.1, -0.05) is 23.0 Å². The maximum absolute atomic E-state index is 6.08. The second-order valence-electron chi connectivity index (χ2n) is 5.02. The number of aromatic nitrogens is 2. The van der Waals surface area contributed by atoms with Gasteiger partial charge in [0.25, 0.3) is 0 Å². The van der Waals surface area contributed by atoms with Crippen molar-refractivity contribution in [2.75, 3.05) is 39.4 Å². The van der Waals surface area contributed by atoms with Gasteiger partial charge in [-0.3, -0.25) is 9.80 Å². The largest absolute Gasteiger partial charge is 0.380 e. The number of nitrogens with zero attached hydrogens (tertiary/aromatic N) is 4. The molecule has 1 aliphatic heterocycles. The summed E-state index contributed by atoms with van der Waals surface area (Å²) in [5.41, 5.74) is 0.911. The van der Waals surface area contributed by atoms with Crippen LogP contribution in [0, 0.1) is 0 Å². The molecule has 1 aromatic heterocycles. The molecular weight excluding hydrogens is 296 g/mol. The molecule has 0 unspecified atom stereocenters. The molecule has 2 heterocycles. The van der Waals surface area contributed by atoms with E-state index in [9.17, 15) is 0 Å². The van der Waals surface area contributed by atoms with Crippen LogP contribution in [0.5, 0.6) is 0 Å². The molecule has 1 aliphatic rings. The standard InChI is InChI=1S/C13H23ClN4OS/c1-3-11-9-17(10-12-13(14)20-16-15-12)5-6-18(11)7-8-19-4-2/h11H,3-10H2,1-2H3/t11-/m0/s1. The van der Waals surface area contributed by atoms with E-state index < -0.39 is 0 Å². The van der Waals surface area contributed by atoms with Gasteiger partial charge in [-0.05, 0) is 13.3 Å². The van der Waals surface area contributed by atoms with E-state index in [0.29, 0.717) is 6.04 Å². The second kappa shape index (κ2) is 8.24. The van der Waals surface area contributed by atoms with Crippen molar-refractivity contribution in [1.82, 2.24) is 19.4 Å². The first-order chi connectivity index (χ1) is 9.74. The third-order valence-electron chi connectivity index (χ3n) is 3.77. The van der Waals surface area contributed by atoms with Crippen LogP contribution in [0.1, 0.15) is 26.0 Å². The monoisotopic (exact) mass is 318 g/mol. The smallest absolute Gasteiger partial charge is 0.138 e. The molecule has 1 atom stereocenters. The summed E-state index contributed by atoms with van der Waals surface area (Å²) in [6.07, 6.45) is 1.16. The van der Waals surface area contributed by atoms with Crippen LogP contribution in [0.3, 0.4) is 0 Å². The number of piperazine rings is 1. The number of ether oxygens (including phenoxy) is 1. The van der Waals surface area contributed by atoms with Gasteiger partial charge < -0.3 is 4.74 Å². The average molecular weight is 319 g/mol. The molecular formula is C13H23ClN4OS. The molecule has 5 nitrogen and oxygen atoms in total. The van der Waals surface area contributed by atoms with E-state index in [1.54, 1.807) is 0 Å². The molecule has 114 valence electrons. The molecule has 0 saturated carbocycles. The topological polar surface area (TPSA) is 41.5 Å². The highest BCUT2D eigenvalue weighted by Crippen LogP contribution is 2.21. The lowest BCUT2D eigenvalue weighted by Gasteiger charge is -2.41. The maximum atomic E-state index is 6.08. The Hall–Kier alpha value is -0.270. The minimum atomic E-state index is 0.592. The van der Waals surface area contributed by atoms with Gasteiger partial charge in [0.2, 0.25) is 0 Å². The van der Waals surface area contributed by atoms with E-state index >= 15 is 0 Å². The molecule has 0 bridgehead atoms. The third-order valence-corrected chi connectivity index (χ3v) is 4.75. The molecule has 1 saturated heterocycles. The molecule has 1 aromatic rings. The maximum Gasteiger partial charge on any atom is 0.138 e. The number of halogens is 1. The summed E-state index contributed by atoms with van der Waals surface area (Å²) < 4.78 is 10.1. The molecule has 7 heteroatoms. The predicted molar refractivity (Wildman–Crippen MR) is 82.3 cm³/mol. The van der Waals surface area contributed by atoms with Crippen molar-refractivity contribution in [3.05, 3.63) is 10.0 Å². The van der Waals surface area contributed by atoms with Crippen molar-refractivity contribution >= 4 is 23.1 Å². The number of hydrogen-bond donors (Lipinski definition) is 0. The molecule has 0 amide bonds. The normalized spacial score (nSPS) is 21.4. The Balaban J connectivity index is 1.83. The van der Waals surface area contributed by atoms with E-state index in [2.05, 4.69) is 26.3 Å². The fraction of sp³-hybridized carbons (Fsp3) is 0.846. The minimum absolute atomic E-state index is 0.592. The van der Waals surface area contributed by atoms with Gasteiger partial charge in [0.05, 0.1) is 6.61 Å². The van der Waals surface area contributed by atoms with Gasteiger partial charge in [-0.25, -0.2) is 0 Å². The molecule has 0 aromatic carbocycles. The zero-order valence-electron chi connectivity index (χ0n) is 12.2. The summed E-state index contributed by atoms with van der Waals surface area (Å²) in [5, 5.41) is 4.10. The molecule has 0 aliphatic carbocycles. The molecule has 0 radical (unpaired) electrons. The SMILES string of the molecule is CCOCCN1CCN(Cc2nnsc2Cl)C[C@@H]1CC. The molecule has 0 spiro atoms. The van der Waals surface area contributed by atoms with Crippen molar-refractivity contribution in [2.24, 2.45) is 0 Å². The van der Waals surface area contributed by atoms with Crippen molar-refractivity contribution in [3.63, 3.8) is 0 Å². The van der Waals surface area contributed by atoms with Crippen molar-refractivity contribution in [3.8, 4) is 0 Å². The van der Waals surface area contributed by atoms with Crippen molar-refractivity contribution in [1.29, 1.82) is 0 Å². The van der Waals surface area contributed by atoms with Crippen molar-refractivity contribution < 1.29 is 4.74 Å². The molecule has 2 rings (SSSR count). The zero-order valence-corrected chi connectivity index (χ0v) is 13.8. The van der Waals surface area contributed by atoms with Gasteiger partial charge in [-0.15, -0.1) is 5.10 Å². The Bertz CT molecular complexity index is 403. The van der Waals surface area contributed by atoms with Gasteiger partial charge in [0.1, 0.15) is 10.0 Å². The van der Waals surface area contributed by atoms with E-state index in [1.165, 1.54) is 11.5 Å². The second-order valence-corrected chi connectivity index (χ2v) is 6.38. The molecule has 0 N–H and O–H groups in total. The van der Waals surface area contributed by atoms with Crippen molar-refractivity contribution in [2.45, 2.75) is 32.9 Å². The zero-order chi connectivity index (χ0) is 14.4. The lowest BCUT2D eigenvalue weighted by molar-refractivity contribution is 0.0381. The van der Waals surface area contributed by atoms with E-state index in [1.807, 2.05) is 6.92 Å².